The van der Waals surface area contributed by atoms with Crippen LogP contribution in [0, 0.1) is 13.8 Å². The minimum atomic E-state index is -0.421. The average Bonchev–Trinajstić information content (AvgIpc) is 3.39. The molecule has 2 aromatic heterocycles. The number of nitrogens with zero attached hydrogens (tertiary/aromatic N) is 1. The zero-order chi connectivity index (χ0) is 20.9. The van der Waals surface area contributed by atoms with Crippen molar-refractivity contribution in [3.05, 3.63) is 117 Å². The molecule has 30 heavy (non-hydrogen) atoms. The van der Waals surface area contributed by atoms with Crippen LogP contribution in [0.2, 0.25) is 0 Å². The van der Waals surface area contributed by atoms with Crippen LogP contribution in [0.1, 0.15) is 39.6 Å². The summed E-state index contributed by atoms with van der Waals surface area (Å²) in [6, 6.07) is 24.4. The van der Waals surface area contributed by atoms with E-state index >= 15 is 0 Å². The van der Waals surface area contributed by atoms with Gasteiger partial charge in [-0.3, -0.25) is 4.79 Å². The van der Waals surface area contributed by atoms with Gasteiger partial charge in [0.25, 0.3) is 0 Å². The lowest BCUT2D eigenvalue weighted by atomic mass is 9.93. The zero-order valence-electron chi connectivity index (χ0n) is 17.2. The summed E-state index contributed by atoms with van der Waals surface area (Å²) in [6.45, 7) is 5.26. The molecule has 0 aliphatic rings. The Kier molecular flexibility index (Phi) is 6.15. The molecule has 0 aliphatic heterocycles. The molecule has 0 radical (unpaired) electrons. The number of aromatic nitrogens is 1. The standard InChI is InChI=1S/C26H25NO2S/c1-19-15-24(20(2)27(19)16-21-9-5-3-6-10-21)25(23-13-14-30-18-23)26(28)29-17-22-11-7-4-8-12-22/h3-15,18,25H,16-17H2,1-2H3. The van der Waals surface area contributed by atoms with Crippen LogP contribution in [-0.2, 0) is 22.7 Å². The van der Waals surface area contributed by atoms with Crippen LogP contribution in [0.4, 0.5) is 0 Å². The average molecular weight is 416 g/mol. The van der Waals surface area contributed by atoms with Crippen molar-refractivity contribution in [2.45, 2.75) is 32.9 Å². The van der Waals surface area contributed by atoms with E-state index in [4.69, 9.17) is 4.74 Å². The van der Waals surface area contributed by atoms with Gasteiger partial charge in [-0.05, 0) is 59.0 Å². The molecule has 0 aliphatic carbocycles. The lowest BCUT2D eigenvalue weighted by Crippen LogP contribution is -2.18. The molecule has 0 amide bonds. The van der Waals surface area contributed by atoms with Gasteiger partial charge in [-0.25, -0.2) is 0 Å². The molecule has 2 heterocycles. The molecule has 2 aromatic carbocycles. The highest BCUT2D eigenvalue weighted by Crippen LogP contribution is 2.32. The van der Waals surface area contributed by atoms with Crippen molar-refractivity contribution in [2.24, 2.45) is 0 Å². The van der Waals surface area contributed by atoms with Crippen molar-refractivity contribution in [3.63, 3.8) is 0 Å². The fraction of sp³-hybridized carbons (Fsp3) is 0.192. The molecule has 4 rings (SSSR count). The highest BCUT2D eigenvalue weighted by molar-refractivity contribution is 7.08. The van der Waals surface area contributed by atoms with Crippen LogP contribution in [0.15, 0.2) is 83.6 Å². The third-order valence-corrected chi connectivity index (χ3v) is 6.14. The van der Waals surface area contributed by atoms with Crippen molar-refractivity contribution >= 4 is 17.3 Å². The van der Waals surface area contributed by atoms with Crippen LogP contribution in [-0.4, -0.2) is 10.5 Å². The molecular formula is C26H25NO2S. The quantitative estimate of drug-likeness (QED) is 0.342. The largest absolute Gasteiger partial charge is 0.460 e. The SMILES string of the molecule is Cc1cc(C(C(=O)OCc2ccccc2)c2ccsc2)c(C)n1Cc1ccccc1. The van der Waals surface area contributed by atoms with E-state index in [1.165, 1.54) is 5.56 Å². The molecule has 0 bridgehead atoms. The van der Waals surface area contributed by atoms with Gasteiger partial charge in [0.1, 0.15) is 12.5 Å². The van der Waals surface area contributed by atoms with Gasteiger partial charge in [-0.2, -0.15) is 11.3 Å². The van der Waals surface area contributed by atoms with Gasteiger partial charge in [0, 0.05) is 17.9 Å². The number of hydrogen-bond donors (Lipinski definition) is 0. The maximum Gasteiger partial charge on any atom is 0.318 e. The maximum absolute atomic E-state index is 13.2. The molecule has 0 saturated heterocycles. The second kappa shape index (κ2) is 9.14. The number of carbonyl (C=O) groups excluding carboxylic acids is 1. The summed E-state index contributed by atoms with van der Waals surface area (Å²) >= 11 is 1.60. The van der Waals surface area contributed by atoms with Crippen LogP contribution < -0.4 is 0 Å². The Morgan fingerprint density at radius 3 is 2.27 bits per heavy atom. The first-order chi connectivity index (χ1) is 14.6. The minimum absolute atomic E-state index is 0.211. The Balaban J connectivity index is 1.63. The summed E-state index contributed by atoms with van der Waals surface area (Å²) in [4.78, 5) is 13.2. The van der Waals surface area contributed by atoms with Gasteiger partial charge in [0.05, 0.1) is 0 Å². The molecule has 0 fully saturated rings. The number of benzene rings is 2. The molecule has 0 N–H and O–H groups in total. The number of esters is 1. The predicted molar refractivity (Wildman–Crippen MR) is 122 cm³/mol. The molecule has 1 unspecified atom stereocenters. The first kappa shape index (κ1) is 20.2. The second-order valence-corrected chi connectivity index (χ2v) is 8.26. The van der Waals surface area contributed by atoms with E-state index in [9.17, 15) is 4.79 Å². The molecule has 0 saturated carbocycles. The first-order valence-electron chi connectivity index (χ1n) is 10.1. The van der Waals surface area contributed by atoms with Crippen molar-refractivity contribution in [2.75, 3.05) is 0 Å². The van der Waals surface area contributed by atoms with E-state index < -0.39 is 5.92 Å². The molecule has 3 nitrogen and oxygen atoms in total. The van der Waals surface area contributed by atoms with Gasteiger partial charge in [-0.1, -0.05) is 60.7 Å². The fourth-order valence-electron chi connectivity index (χ4n) is 3.82. The highest BCUT2D eigenvalue weighted by atomic mass is 32.1. The van der Waals surface area contributed by atoms with Crippen LogP contribution in [0.3, 0.4) is 0 Å². The highest BCUT2D eigenvalue weighted by Gasteiger charge is 2.28. The third-order valence-electron chi connectivity index (χ3n) is 5.44. The van der Waals surface area contributed by atoms with Crippen molar-refractivity contribution < 1.29 is 9.53 Å². The maximum atomic E-state index is 13.2. The number of carbonyl (C=O) groups is 1. The topological polar surface area (TPSA) is 31.2 Å². The fourth-order valence-corrected chi connectivity index (χ4v) is 4.51. The van der Waals surface area contributed by atoms with Crippen molar-refractivity contribution in [3.8, 4) is 0 Å². The number of hydrogen-bond acceptors (Lipinski definition) is 3. The minimum Gasteiger partial charge on any atom is -0.460 e. The smallest absolute Gasteiger partial charge is 0.318 e. The van der Waals surface area contributed by atoms with E-state index in [1.54, 1.807) is 11.3 Å². The normalized spacial score (nSPS) is 11.9. The van der Waals surface area contributed by atoms with Crippen LogP contribution in [0.25, 0.3) is 0 Å². The Bertz CT molecular complexity index is 1100. The summed E-state index contributed by atoms with van der Waals surface area (Å²) in [7, 11) is 0. The summed E-state index contributed by atoms with van der Waals surface area (Å²) in [5.74, 6) is -0.632. The second-order valence-electron chi connectivity index (χ2n) is 7.48. The molecule has 4 aromatic rings. The summed E-state index contributed by atoms with van der Waals surface area (Å²) < 4.78 is 8.02. The number of rotatable bonds is 7. The Morgan fingerprint density at radius 1 is 0.967 bits per heavy atom. The Labute approximate surface area is 181 Å². The van der Waals surface area contributed by atoms with E-state index in [0.717, 1.165) is 34.6 Å². The summed E-state index contributed by atoms with van der Waals surface area (Å²) in [6.07, 6.45) is 0. The van der Waals surface area contributed by atoms with Gasteiger partial charge in [0.2, 0.25) is 0 Å². The van der Waals surface area contributed by atoms with Crippen molar-refractivity contribution in [1.29, 1.82) is 0 Å². The van der Waals surface area contributed by atoms with E-state index in [1.807, 2.05) is 53.2 Å². The molecule has 152 valence electrons. The molecule has 1 atom stereocenters. The first-order valence-corrected chi connectivity index (χ1v) is 11.0. The van der Waals surface area contributed by atoms with E-state index in [0.29, 0.717) is 0 Å². The summed E-state index contributed by atoms with van der Waals surface area (Å²) in [5, 5.41) is 4.05. The summed E-state index contributed by atoms with van der Waals surface area (Å²) in [5.41, 5.74) is 6.47. The van der Waals surface area contributed by atoms with E-state index in [2.05, 4.69) is 48.7 Å². The van der Waals surface area contributed by atoms with Gasteiger partial charge >= 0.3 is 5.97 Å². The van der Waals surface area contributed by atoms with Crippen LogP contribution >= 0.6 is 11.3 Å². The van der Waals surface area contributed by atoms with Gasteiger partial charge in [0.15, 0.2) is 0 Å². The number of ether oxygens (including phenoxy) is 1. The van der Waals surface area contributed by atoms with E-state index in [-0.39, 0.29) is 12.6 Å². The van der Waals surface area contributed by atoms with Crippen molar-refractivity contribution in [1.82, 2.24) is 4.57 Å². The van der Waals surface area contributed by atoms with Crippen LogP contribution in [0.5, 0.6) is 0 Å². The zero-order valence-corrected chi connectivity index (χ0v) is 18.1. The lowest BCUT2D eigenvalue weighted by molar-refractivity contribution is -0.145. The Morgan fingerprint density at radius 2 is 1.63 bits per heavy atom. The monoisotopic (exact) mass is 415 g/mol. The van der Waals surface area contributed by atoms with Gasteiger partial charge in [-0.15, -0.1) is 0 Å². The lowest BCUT2D eigenvalue weighted by Gasteiger charge is -2.17. The molecular weight excluding hydrogens is 390 g/mol. The molecule has 4 heteroatoms. The number of thiophene rings is 1. The molecule has 0 spiro atoms. The van der Waals surface area contributed by atoms with Gasteiger partial charge < -0.3 is 9.30 Å². The third kappa shape index (κ3) is 4.39. The predicted octanol–water partition coefficient (Wildman–Crippen LogP) is 6.09. The Hall–Kier alpha value is -3.11. The number of aryl methyl sites for hydroxylation is 1.